The van der Waals surface area contributed by atoms with E-state index in [1.165, 1.54) is 5.56 Å². The van der Waals surface area contributed by atoms with Gasteiger partial charge >= 0.3 is 6.09 Å². The first-order chi connectivity index (χ1) is 12.1. The molecule has 0 saturated carbocycles. The molecule has 2 heterocycles. The number of hydrogen-bond donors (Lipinski definition) is 1. The highest BCUT2D eigenvalue weighted by atomic mass is 16.6. The molecule has 0 unspecified atom stereocenters. The van der Waals surface area contributed by atoms with Gasteiger partial charge in [0.15, 0.2) is 0 Å². The van der Waals surface area contributed by atoms with E-state index >= 15 is 0 Å². The number of likely N-dealkylation sites (tertiary alicyclic amines) is 1. The number of benzene rings is 1. The Balaban J connectivity index is 1.58. The van der Waals surface area contributed by atoms with E-state index in [1.54, 1.807) is 11.9 Å². The Morgan fingerprint density at radius 1 is 1.28 bits per heavy atom. The molecule has 2 aliphatic heterocycles. The van der Waals surface area contributed by atoms with Crippen LogP contribution in [0.2, 0.25) is 0 Å². The summed E-state index contributed by atoms with van der Waals surface area (Å²) < 4.78 is 5.08. The third-order valence-electron chi connectivity index (χ3n) is 5.31. The summed E-state index contributed by atoms with van der Waals surface area (Å²) in [4.78, 5) is 28.5. The number of carbonyl (C=O) groups is 2. The number of nitrogens with one attached hydrogen (secondary N) is 1. The lowest BCUT2D eigenvalue weighted by Gasteiger charge is -2.39. The van der Waals surface area contributed by atoms with Gasteiger partial charge in [-0.1, -0.05) is 18.2 Å². The first kappa shape index (κ1) is 17.7. The van der Waals surface area contributed by atoms with Crippen LogP contribution in [0.15, 0.2) is 24.3 Å². The van der Waals surface area contributed by atoms with Crippen molar-refractivity contribution in [1.82, 2.24) is 9.80 Å². The van der Waals surface area contributed by atoms with Crippen LogP contribution < -0.4 is 5.32 Å². The smallest absolute Gasteiger partial charge is 0.409 e. The molecule has 25 heavy (non-hydrogen) atoms. The molecule has 1 saturated heterocycles. The minimum absolute atomic E-state index is 0.0853. The van der Waals surface area contributed by atoms with E-state index in [4.69, 9.17) is 4.74 Å². The molecular formula is C19H27N3O3. The van der Waals surface area contributed by atoms with Crippen LogP contribution in [-0.4, -0.2) is 60.6 Å². The predicted molar refractivity (Wildman–Crippen MR) is 96.6 cm³/mol. The van der Waals surface area contributed by atoms with Crippen molar-refractivity contribution in [2.75, 3.05) is 32.1 Å². The number of rotatable bonds is 3. The maximum Gasteiger partial charge on any atom is 0.409 e. The van der Waals surface area contributed by atoms with Gasteiger partial charge in [0.2, 0.25) is 5.91 Å². The highest BCUT2D eigenvalue weighted by molar-refractivity contribution is 5.96. The molecule has 136 valence electrons. The average Bonchev–Trinajstić information content (AvgIpc) is 2.79. The van der Waals surface area contributed by atoms with Crippen LogP contribution in [0.4, 0.5) is 10.5 Å². The van der Waals surface area contributed by atoms with Gasteiger partial charge in [0.1, 0.15) is 0 Å². The number of nitrogens with zero attached hydrogens (tertiary/aromatic N) is 2. The maximum absolute atomic E-state index is 12.6. The molecule has 0 radical (unpaired) electrons. The van der Waals surface area contributed by atoms with Crippen molar-refractivity contribution in [3.8, 4) is 0 Å². The Hall–Kier alpha value is -2.08. The van der Waals surface area contributed by atoms with Gasteiger partial charge in [-0.15, -0.1) is 0 Å². The first-order valence-electron chi connectivity index (χ1n) is 9.12. The van der Waals surface area contributed by atoms with Crippen molar-refractivity contribution in [3.63, 3.8) is 0 Å². The third-order valence-corrected chi connectivity index (χ3v) is 5.31. The van der Waals surface area contributed by atoms with Crippen LogP contribution in [0, 0.1) is 0 Å². The Bertz CT molecular complexity index is 626. The van der Waals surface area contributed by atoms with Crippen molar-refractivity contribution in [2.24, 2.45) is 0 Å². The lowest BCUT2D eigenvalue weighted by molar-refractivity contribution is -0.122. The van der Waals surface area contributed by atoms with Gasteiger partial charge in [-0.3, -0.25) is 9.69 Å². The molecule has 1 N–H and O–H groups in total. The van der Waals surface area contributed by atoms with E-state index < -0.39 is 0 Å². The molecular weight excluding hydrogens is 318 g/mol. The first-order valence-corrected chi connectivity index (χ1v) is 9.12. The molecule has 0 aliphatic carbocycles. The molecule has 1 aromatic carbocycles. The number of para-hydroxylation sites is 1. The van der Waals surface area contributed by atoms with Crippen molar-refractivity contribution < 1.29 is 14.3 Å². The summed E-state index contributed by atoms with van der Waals surface area (Å²) in [5, 5.41) is 3.07. The number of amides is 2. The largest absolute Gasteiger partial charge is 0.450 e. The van der Waals surface area contributed by atoms with Crippen LogP contribution in [0.1, 0.15) is 31.7 Å². The topological polar surface area (TPSA) is 61.9 Å². The average molecular weight is 345 g/mol. The van der Waals surface area contributed by atoms with Crippen LogP contribution >= 0.6 is 0 Å². The second-order valence-electron chi connectivity index (χ2n) is 6.78. The summed E-state index contributed by atoms with van der Waals surface area (Å²) in [6.07, 6.45) is 3.21. The molecule has 1 fully saturated rings. The lowest BCUT2D eigenvalue weighted by atomic mass is 9.99. The van der Waals surface area contributed by atoms with E-state index in [2.05, 4.69) is 16.3 Å². The number of piperidine rings is 1. The second-order valence-corrected chi connectivity index (χ2v) is 6.78. The lowest BCUT2D eigenvalue weighted by Crippen LogP contribution is -2.51. The van der Waals surface area contributed by atoms with Gasteiger partial charge in [0.25, 0.3) is 0 Å². The molecule has 1 aromatic rings. The van der Waals surface area contributed by atoms with Crippen LogP contribution in [-0.2, 0) is 16.0 Å². The summed E-state index contributed by atoms with van der Waals surface area (Å²) in [6.45, 7) is 3.85. The van der Waals surface area contributed by atoms with Crippen LogP contribution in [0.5, 0.6) is 0 Å². The van der Waals surface area contributed by atoms with Gasteiger partial charge in [-0.25, -0.2) is 4.79 Å². The fraction of sp³-hybridized carbons (Fsp3) is 0.579. The van der Waals surface area contributed by atoms with Gasteiger partial charge < -0.3 is 15.0 Å². The standard InChI is InChI=1S/C19H27N3O3/c1-3-25-19(24)21(2)15-10-12-22(13-11-15)17-9-8-14-6-4-5-7-16(14)20-18(17)23/h4-7,15,17H,3,8-13H2,1-2H3,(H,20,23)/t17-/m1/s1. The van der Waals surface area contributed by atoms with Crippen molar-refractivity contribution in [1.29, 1.82) is 0 Å². The monoisotopic (exact) mass is 345 g/mol. The summed E-state index contributed by atoms with van der Waals surface area (Å²) in [5.41, 5.74) is 2.14. The number of ether oxygens (including phenoxy) is 1. The van der Waals surface area contributed by atoms with E-state index in [0.717, 1.165) is 44.5 Å². The fourth-order valence-electron chi connectivity index (χ4n) is 3.81. The number of hydrogen-bond acceptors (Lipinski definition) is 4. The van der Waals surface area contributed by atoms with E-state index in [0.29, 0.717) is 6.61 Å². The van der Waals surface area contributed by atoms with E-state index in [1.807, 2.05) is 25.1 Å². The number of aryl methyl sites for hydroxylation is 1. The Labute approximate surface area is 149 Å². The number of carbonyl (C=O) groups excluding carboxylic acids is 2. The summed E-state index contributed by atoms with van der Waals surface area (Å²) in [5.74, 6) is 0.0853. The number of fused-ring (bicyclic) bond motifs is 1. The normalized spacial score (nSPS) is 21.8. The zero-order valence-corrected chi connectivity index (χ0v) is 15.0. The summed E-state index contributed by atoms with van der Waals surface area (Å²) >= 11 is 0. The number of anilines is 1. The molecule has 2 aliphatic rings. The molecule has 6 nitrogen and oxygen atoms in total. The Kier molecular flexibility index (Phi) is 5.58. The second kappa shape index (κ2) is 7.87. The fourth-order valence-corrected chi connectivity index (χ4v) is 3.81. The molecule has 6 heteroatoms. The predicted octanol–water partition coefficient (Wildman–Crippen LogP) is 2.49. The van der Waals surface area contributed by atoms with Gasteiger partial charge in [0.05, 0.1) is 12.6 Å². The minimum Gasteiger partial charge on any atom is -0.450 e. The minimum atomic E-state index is -0.261. The van der Waals surface area contributed by atoms with E-state index in [-0.39, 0.29) is 24.1 Å². The SMILES string of the molecule is CCOC(=O)N(C)C1CCN([C@@H]2CCc3ccccc3NC2=O)CC1. The molecule has 3 rings (SSSR count). The zero-order valence-electron chi connectivity index (χ0n) is 15.0. The molecule has 2 amide bonds. The highest BCUT2D eigenvalue weighted by Gasteiger charge is 2.33. The van der Waals surface area contributed by atoms with E-state index in [9.17, 15) is 9.59 Å². The Morgan fingerprint density at radius 3 is 2.72 bits per heavy atom. The summed E-state index contributed by atoms with van der Waals surface area (Å²) in [6, 6.07) is 8.11. The third kappa shape index (κ3) is 3.95. The van der Waals surface area contributed by atoms with Crippen LogP contribution in [0.3, 0.4) is 0 Å². The van der Waals surface area contributed by atoms with Crippen LogP contribution in [0.25, 0.3) is 0 Å². The quantitative estimate of drug-likeness (QED) is 0.914. The summed E-state index contributed by atoms with van der Waals surface area (Å²) in [7, 11) is 1.80. The van der Waals surface area contributed by atoms with Crippen molar-refractivity contribution >= 4 is 17.7 Å². The van der Waals surface area contributed by atoms with Gasteiger partial charge in [-0.2, -0.15) is 0 Å². The Morgan fingerprint density at radius 2 is 2.00 bits per heavy atom. The molecule has 0 bridgehead atoms. The van der Waals surface area contributed by atoms with Crippen molar-refractivity contribution in [2.45, 2.75) is 44.7 Å². The van der Waals surface area contributed by atoms with Gasteiger partial charge in [-0.05, 0) is 44.2 Å². The zero-order chi connectivity index (χ0) is 17.8. The molecule has 0 spiro atoms. The molecule has 1 atom stereocenters. The van der Waals surface area contributed by atoms with Crippen molar-refractivity contribution in [3.05, 3.63) is 29.8 Å². The highest BCUT2D eigenvalue weighted by Crippen LogP contribution is 2.26. The van der Waals surface area contributed by atoms with Gasteiger partial charge in [0, 0.05) is 31.9 Å². The molecule has 0 aromatic heterocycles. The maximum atomic E-state index is 12.6.